The predicted octanol–water partition coefficient (Wildman–Crippen LogP) is 3.77. The van der Waals surface area contributed by atoms with E-state index in [2.05, 4.69) is 20.1 Å². The lowest BCUT2D eigenvalue weighted by molar-refractivity contribution is -0.274. The summed E-state index contributed by atoms with van der Waals surface area (Å²) in [5, 5.41) is 7.60. The van der Waals surface area contributed by atoms with Crippen molar-refractivity contribution in [2.75, 3.05) is 26.2 Å². The van der Waals surface area contributed by atoms with Crippen LogP contribution in [0.2, 0.25) is 0 Å². The monoisotopic (exact) mass is 519 g/mol. The first kappa shape index (κ1) is 25.6. The van der Waals surface area contributed by atoms with Crippen LogP contribution in [0.25, 0.3) is 5.69 Å². The number of ether oxygens (including phenoxy) is 1. The number of benzene rings is 1. The predicted molar refractivity (Wildman–Crippen MR) is 130 cm³/mol. The summed E-state index contributed by atoms with van der Waals surface area (Å²) in [5.74, 6) is -0.240. The van der Waals surface area contributed by atoms with Crippen LogP contribution < -0.4 is 10.1 Å². The molecule has 2 aliphatic heterocycles. The molecule has 200 valence electrons. The molecule has 3 heterocycles. The maximum absolute atomic E-state index is 13.7. The van der Waals surface area contributed by atoms with Gasteiger partial charge in [0.15, 0.2) is 0 Å². The Bertz CT molecular complexity index is 1170. The zero-order valence-corrected chi connectivity index (χ0v) is 21.1. The van der Waals surface area contributed by atoms with Crippen LogP contribution in [0, 0.1) is 6.92 Å². The largest absolute Gasteiger partial charge is 0.573 e. The van der Waals surface area contributed by atoms with Crippen LogP contribution in [-0.2, 0) is 4.79 Å². The number of likely N-dealkylation sites (tertiary alicyclic amines) is 2. The smallest absolute Gasteiger partial charge is 0.406 e. The third-order valence-electron chi connectivity index (χ3n) is 7.46. The van der Waals surface area contributed by atoms with Gasteiger partial charge in [-0.15, -0.1) is 13.2 Å². The van der Waals surface area contributed by atoms with Crippen LogP contribution in [0.3, 0.4) is 0 Å². The summed E-state index contributed by atoms with van der Waals surface area (Å²) in [7, 11) is 0. The molecule has 3 fully saturated rings. The van der Waals surface area contributed by atoms with E-state index < -0.39 is 6.36 Å². The van der Waals surface area contributed by atoms with E-state index in [0.29, 0.717) is 36.1 Å². The highest BCUT2D eigenvalue weighted by molar-refractivity contribution is 5.97. The van der Waals surface area contributed by atoms with E-state index in [1.807, 2.05) is 4.90 Å². The second kappa shape index (κ2) is 10.00. The summed E-state index contributed by atoms with van der Waals surface area (Å²) in [6.07, 6.45) is -0.294. The number of piperidine rings is 1. The lowest BCUT2D eigenvalue weighted by Gasteiger charge is -2.37. The molecular weight excluding hydrogens is 487 g/mol. The second-order valence-electron chi connectivity index (χ2n) is 10.3. The SMILES string of the molecule is CC(=O)N[C@H]1CCN(C2CCN(C(=O)c3c(C)nn(-c4cccc(OC(F)(F)F)c4)c3C3CC3)CC2)C1. The number of halogens is 3. The van der Waals surface area contributed by atoms with Crippen LogP contribution in [0.15, 0.2) is 24.3 Å². The fraction of sp³-hybridized carbons (Fsp3) is 0.577. The van der Waals surface area contributed by atoms with Crippen LogP contribution in [0.5, 0.6) is 5.75 Å². The average Bonchev–Trinajstić information content (AvgIpc) is 3.47. The highest BCUT2D eigenvalue weighted by Gasteiger charge is 2.38. The van der Waals surface area contributed by atoms with Gasteiger partial charge in [-0.3, -0.25) is 14.5 Å². The average molecular weight is 520 g/mol. The van der Waals surface area contributed by atoms with Crippen LogP contribution in [0.4, 0.5) is 13.2 Å². The fourth-order valence-electron chi connectivity index (χ4n) is 5.67. The van der Waals surface area contributed by atoms with Gasteiger partial charge in [0.2, 0.25) is 5.91 Å². The second-order valence-corrected chi connectivity index (χ2v) is 10.3. The minimum absolute atomic E-state index is 0.00532. The molecule has 1 atom stereocenters. The third kappa shape index (κ3) is 5.76. The molecule has 8 nitrogen and oxygen atoms in total. The van der Waals surface area contributed by atoms with Gasteiger partial charge < -0.3 is 15.0 Å². The number of carbonyl (C=O) groups excluding carboxylic acids is 2. The van der Waals surface area contributed by atoms with Crippen molar-refractivity contribution in [2.45, 2.75) is 70.3 Å². The zero-order chi connectivity index (χ0) is 26.3. The van der Waals surface area contributed by atoms with Crippen molar-refractivity contribution in [1.29, 1.82) is 0 Å². The molecule has 0 unspecified atom stereocenters. The minimum atomic E-state index is -4.79. The standard InChI is InChI=1S/C26H32F3N5O3/c1-16-23(25(36)32-12-9-20(10-13-32)33-11-8-19(15-33)30-17(2)35)24(18-6-7-18)34(31-16)21-4-3-5-22(14-21)37-26(27,28)29/h3-5,14,18-20H,6-13,15H2,1-2H3,(H,30,35)/t19-/m0/s1. The quantitative estimate of drug-likeness (QED) is 0.629. The third-order valence-corrected chi connectivity index (χ3v) is 7.46. The number of hydrogen-bond donors (Lipinski definition) is 1. The lowest BCUT2D eigenvalue weighted by Crippen LogP contribution is -2.47. The number of carbonyl (C=O) groups is 2. The first-order valence-corrected chi connectivity index (χ1v) is 12.8. The van der Waals surface area contributed by atoms with Gasteiger partial charge in [-0.25, -0.2) is 4.68 Å². The number of rotatable bonds is 6. The van der Waals surface area contributed by atoms with Gasteiger partial charge in [0.05, 0.1) is 22.6 Å². The molecule has 2 amide bonds. The van der Waals surface area contributed by atoms with E-state index in [0.717, 1.165) is 50.9 Å². The molecule has 11 heteroatoms. The highest BCUT2D eigenvalue weighted by Crippen LogP contribution is 2.44. The molecule has 1 saturated carbocycles. The van der Waals surface area contributed by atoms with Crippen molar-refractivity contribution >= 4 is 11.8 Å². The lowest BCUT2D eigenvalue weighted by atomic mass is 10.0. The molecule has 37 heavy (non-hydrogen) atoms. The van der Waals surface area contributed by atoms with E-state index in [4.69, 9.17) is 0 Å². The van der Waals surface area contributed by atoms with Gasteiger partial charge in [0.1, 0.15) is 5.75 Å². The minimum Gasteiger partial charge on any atom is -0.406 e. The summed E-state index contributed by atoms with van der Waals surface area (Å²) in [6, 6.07) is 6.28. The topological polar surface area (TPSA) is 79.7 Å². The van der Waals surface area contributed by atoms with Gasteiger partial charge in [-0.05, 0) is 51.2 Å². The van der Waals surface area contributed by atoms with E-state index >= 15 is 0 Å². The maximum atomic E-state index is 13.7. The van der Waals surface area contributed by atoms with Crippen LogP contribution >= 0.6 is 0 Å². The molecule has 2 aromatic rings. The Morgan fingerprint density at radius 3 is 2.46 bits per heavy atom. The summed E-state index contributed by atoms with van der Waals surface area (Å²) in [6.45, 7) is 6.37. The van der Waals surface area contributed by atoms with Crippen LogP contribution in [-0.4, -0.2) is 76.0 Å². The maximum Gasteiger partial charge on any atom is 0.573 e. The Labute approximate surface area is 213 Å². The van der Waals surface area contributed by atoms with Crippen molar-refractivity contribution < 1.29 is 27.5 Å². The van der Waals surface area contributed by atoms with Gasteiger partial charge in [-0.1, -0.05) is 6.07 Å². The number of aromatic nitrogens is 2. The Morgan fingerprint density at radius 1 is 1.08 bits per heavy atom. The van der Waals surface area contributed by atoms with E-state index in [1.54, 1.807) is 24.6 Å². The number of amides is 2. The summed E-state index contributed by atoms with van der Waals surface area (Å²) >= 11 is 0. The normalized spacial score (nSPS) is 21.3. The summed E-state index contributed by atoms with van der Waals surface area (Å²) in [5.41, 5.74) is 2.35. The molecule has 5 rings (SSSR count). The molecule has 1 aromatic carbocycles. The van der Waals surface area contributed by atoms with Gasteiger partial charge in [-0.2, -0.15) is 5.10 Å². The molecule has 1 aliphatic carbocycles. The number of nitrogens with zero attached hydrogens (tertiary/aromatic N) is 4. The van der Waals surface area contributed by atoms with E-state index in [1.165, 1.54) is 18.2 Å². The summed E-state index contributed by atoms with van der Waals surface area (Å²) < 4.78 is 44.0. The molecule has 0 radical (unpaired) electrons. The molecule has 0 bridgehead atoms. The van der Waals surface area contributed by atoms with Crippen molar-refractivity contribution in [1.82, 2.24) is 24.9 Å². The fourth-order valence-corrected chi connectivity index (χ4v) is 5.67. The Balaban J connectivity index is 1.31. The highest BCUT2D eigenvalue weighted by atomic mass is 19.4. The number of hydrogen-bond acceptors (Lipinski definition) is 5. The molecule has 0 spiro atoms. The van der Waals surface area contributed by atoms with Gasteiger partial charge in [0, 0.05) is 57.2 Å². The van der Waals surface area contributed by atoms with Crippen molar-refractivity contribution in [3.63, 3.8) is 0 Å². The van der Waals surface area contributed by atoms with Crippen LogP contribution in [0.1, 0.15) is 66.7 Å². The summed E-state index contributed by atoms with van der Waals surface area (Å²) in [4.78, 5) is 29.4. The van der Waals surface area contributed by atoms with Crippen molar-refractivity contribution in [3.8, 4) is 11.4 Å². The Morgan fingerprint density at radius 2 is 1.81 bits per heavy atom. The van der Waals surface area contributed by atoms with E-state index in [-0.39, 0.29) is 29.5 Å². The Hall–Kier alpha value is -3.08. The van der Waals surface area contributed by atoms with Gasteiger partial charge in [0.25, 0.3) is 5.91 Å². The molecule has 3 aliphatic rings. The van der Waals surface area contributed by atoms with Gasteiger partial charge >= 0.3 is 6.36 Å². The molecule has 1 N–H and O–H groups in total. The van der Waals surface area contributed by atoms with Crippen molar-refractivity contribution in [2.24, 2.45) is 0 Å². The molecule has 2 saturated heterocycles. The Kier molecular flexibility index (Phi) is 6.91. The number of alkyl halides is 3. The zero-order valence-electron chi connectivity index (χ0n) is 21.1. The number of aryl methyl sites for hydroxylation is 1. The molecule has 1 aromatic heterocycles. The first-order valence-electron chi connectivity index (χ1n) is 12.8. The first-order chi connectivity index (χ1) is 17.6. The molecular formula is C26H32F3N5O3. The van der Waals surface area contributed by atoms with Crippen molar-refractivity contribution in [3.05, 3.63) is 41.2 Å². The van der Waals surface area contributed by atoms with E-state index in [9.17, 15) is 22.8 Å². The number of nitrogens with one attached hydrogen (secondary N) is 1.